The molecular weight excluding hydrogens is 262 g/mol. The summed E-state index contributed by atoms with van der Waals surface area (Å²) in [6, 6.07) is 12.7. The molecule has 0 spiro atoms. The zero-order chi connectivity index (χ0) is 13.5. The van der Waals surface area contributed by atoms with E-state index < -0.39 is 9.84 Å². The minimum Gasteiger partial charge on any atom is -0.364 e. The Kier molecular flexibility index (Phi) is 2.64. The van der Waals surface area contributed by atoms with E-state index >= 15 is 0 Å². The van der Waals surface area contributed by atoms with Gasteiger partial charge in [-0.25, -0.2) is 8.42 Å². The van der Waals surface area contributed by atoms with Crippen LogP contribution in [-0.4, -0.2) is 19.8 Å². The van der Waals surface area contributed by atoms with Crippen LogP contribution >= 0.6 is 0 Å². The summed E-state index contributed by atoms with van der Waals surface area (Å²) in [6.45, 7) is 0. The Morgan fingerprint density at radius 3 is 2.53 bits per heavy atom. The topological polar surface area (TPSA) is 60.2 Å². The molecule has 0 radical (unpaired) electrons. The van der Waals surface area contributed by atoms with Gasteiger partial charge in [0.05, 0.1) is 4.90 Å². The summed E-state index contributed by atoms with van der Waals surface area (Å²) in [5.41, 5.74) is 1.12. The molecule has 3 rings (SSSR count). The Hall–Kier alpha value is -2.14. The molecule has 0 bridgehead atoms. The zero-order valence-corrected chi connectivity index (χ0v) is 11.0. The van der Waals surface area contributed by atoms with Crippen LogP contribution in [0.4, 0.5) is 0 Å². The Morgan fingerprint density at radius 1 is 1.05 bits per heavy atom. The molecule has 0 aliphatic rings. The van der Waals surface area contributed by atoms with Crippen LogP contribution in [0.3, 0.4) is 0 Å². The highest BCUT2D eigenvalue weighted by molar-refractivity contribution is 7.90. The lowest BCUT2D eigenvalue weighted by Gasteiger charge is -2.09. The summed E-state index contributed by atoms with van der Waals surface area (Å²) in [4.78, 5) is 0.264. The van der Waals surface area contributed by atoms with Gasteiger partial charge in [0.15, 0.2) is 9.84 Å². The first-order chi connectivity index (χ1) is 9.07. The lowest BCUT2D eigenvalue weighted by atomic mass is 10.0. The van der Waals surface area contributed by atoms with Crippen molar-refractivity contribution in [2.75, 3.05) is 6.26 Å². The minimum atomic E-state index is -3.33. The third-order valence-corrected chi connectivity index (χ3v) is 4.12. The van der Waals surface area contributed by atoms with E-state index in [4.69, 9.17) is 4.52 Å². The van der Waals surface area contributed by atoms with Gasteiger partial charge in [0.1, 0.15) is 12.0 Å². The minimum absolute atomic E-state index is 0.264. The van der Waals surface area contributed by atoms with E-state index in [1.165, 1.54) is 12.5 Å². The maximum Gasteiger partial charge on any atom is 0.176 e. The van der Waals surface area contributed by atoms with Gasteiger partial charge in [-0.15, -0.1) is 0 Å². The molecule has 3 aromatic rings. The van der Waals surface area contributed by atoms with Gasteiger partial charge in [-0.2, -0.15) is 0 Å². The van der Waals surface area contributed by atoms with E-state index in [9.17, 15) is 8.42 Å². The summed E-state index contributed by atoms with van der Waals surface area (Å²) in [5, 5.41) is 5.68. The fraction of sp³-hybridized carbons (Fsp3) is 0.0714. The molecule has 0 fully saturated rings. The predicted molar refractivity (Wildman–Crippen MR) is 72.6 cm³/mol. The van der Waals surface area contributed by atoms with Gasteiger partial charge < -0.3 is 4.52 Å². The molecule has 0 saturated heterocycles. The van der Waals surface area contributed by atoms with Crippen LogP contribution in [0, 0.1) is 0 Å². The van der Waals surface area contributed by atoms with Crippen LogP contribution in [0.15, 0.2) is 58.1 Å². The second kappa shape index (κ2) is 4.20. The SMILES string of the molecule is CS(=O)(=O)c1ccc2ccccc2c1-c1ccon1. The van der Waals surface area contributed by atoms with E-state index in [-0.39, 0.29) is 4.90 Å². The third-order valence-electron chi connectivity index (χ3n) is 2.98. The summed E-state index contributed by atoms with van der Waals surface area (Å²) < 4.78 is 28.7. The highest BCUT2D eigenvalue weighted by Crippen LogP contribution is 2.33. The number of nitrogens with zero attached hydrogens (tertiary/aromatic N) is 1. The smallest absolute Gasteiger partial charge is 0.176 e. The monoisotopic (exact) mass is 273 g/mol. The average molecular weight is 273 g/mol. The molecule has 0 N–H and O–H groups in total. The maximum absolute atomic E-state index is 11.9. The van der Waals surface area contributed by atoms with Crippen LogP contribution in [0.25, 0.3) is 22.0 Å². The van der Waals surface area contributed by atoms with Crippen molar-refractivity contribution in [3.8, 4) is 11.3 Å². The van der Waals surface area contributed by atoms with Crippen molar-refractivity contribution in [3.63, 3.8) is 0 Å². The van der Waals surface area contributed by atoms with E-state index in [0.717, 1.165) is 10.8 Å². The normalized spacial score (nSPS) is 11.8. The summed E-state index contributed by atoms with van der Waals surface area (Å²) in [6.07, 6.45) is 2.63. The Morgan fingerprint density at radius 2 is 1.84 bits per heavy atom. The average Bonchev–Trinajstić information content (AvgIpc) is 2.89. The van der Waals surface area contributed by atoms with Crippen LogP contribution in [0.5, 0.6) is 0 Å². The second-order valence-electron chi connectivity index (χ2n) is 4.32. The number of rotatable bonds is 2. The van der Waals surface area contributed by atoms with Gasteiger partial charge >= 0.3 is 0 Å². The van der Waals surface area contributed by atoms with E-state index in [1.54, 1.807) is 18.2 Å². The Bertz CT molecular complexity index is 836. The molecule has 0 saturated carbocycles. The maximum atomic E-state index is 11.9. The molecule has 1 aromatic heterocycles. The lowest BCUT2D eigenvalue weighted by Crippen LogP contribution is -2.00. The summed E-state index contributed by atoms with van der Waals surface area (Å²) in [7, 11) is -3.33. The van der Waals surface area contributed by atoms with Crippen LogP contribution in [-0.2, 0) is 9.84 Å². The van der Waals surface area contributed by atoms with E-state index in [0.29, 0.717) is 11.3 Å². The predicted octanol–water partition coefficient (Wildman–Crippen LogP) is 2.90. The van der Waals surface area contributed by atoms with Crippen molar-refractivity contribution >= 4 is 20.6 Å². The first-order valence-electron chi connectivity index (χ1n) is 5.70. The van der Waals surface area contributed by atoms with Gasteiger partial charge in [0, 0.05) is 17.9 Å². The molecule has 96 valence electrons. The van der Waals surface area contributed by atoms with Crippen LogP contribution in [0.1, 0.15) is 0 Å². The Balaban J connectivity index is 2.49. The van der Waals surface area contributed by atoms with Gasteiger partial charge in [0.25, 0.3) is 0 Å². The van der Waals surface area contributed by atoms with Crippen LogP contribution in [0.2, 0.25) is 0 Å². The largest absolute Gasteiger partial charge is 0.364 e. The number of hydrogen-bond donors (Lipinski definition) is 0. The number of benzene rings is 2. The zero-order valence-electron chi connectivity index (χ0n) is 10.2. The third kappa shape index (κ3) is 2.02. The molecule has 5 heteroatoms. The van der Waals surface area contributed by atoms with Crippen LogP contribution < -0.4 is 0 Å². The molecule has 0 aliphatic heterocycles. The molecule has 0 aliphatic carbocycles. The molecule has 2 aromatic carbocycles. The van der Waals surface area contributed by atoms with E-state index in [2.05, 4.69) is 5.16 Å². The lowest BCUT2D eigenvalue weighted by molar-refractivity contribution is 0.422. The number of sulfone groups is 1. The summed E-state index contributed by atoms with van der Waals surface area (Å²) in [5.74, 6) is 0. The molecule has 0 amide bonds. The quantitative estimate of drug-likeness (QED) is 0.720. The van der Waals surface area contributed by atoms with Crippen molar-refractivity contribution in [1.29, 1.82) is 0 Å². The molecule has 0 atom stereocenters. The van der Waals surface area contributed by atoms with Crippen molar-refractivity contribution < 1.29 is 12.9 Å². The van der Waals surface area contributed by atoms with Gasteiger partial charge in [0.2, 0.25) is 0 Å². The highest BCUT2D eigenvalue weighted by atomic mass is 32.2. The van der Waals surface area contributed by atoms with Gasteiger partial charge in [-0.05, 0) is 16.8 Å². The first kappa shape index (κ1) is 11.9. The van der Waals surface area contributed by atoms with Crippen molar-refractivity contribution in [2.45, 2.75) is 4.90 Å². The fourth-order valence-electron chi connectivity index (χ4n) is 2.17. The van der Waals surface area contributed by atoms with Crippen molar-refractivity contribution in [1.82, 2.24) is 5.16 Å². The second-order valence-corrected chi connectivity index (χ2v) is 6.30. The Labute approximate surface area is 110 Å². The number of hydrogen-bond acceptors (Lipinski definition) is 4. The molecule has 4 nitrogen and oxygen atoms in total. The fourth-order valence-corrected chi connectivity index (χ4v) is 3.07. The van der Waals surface area contributed by atoms with E-state index in [1.807, 2.05) is 24.3 Å². The first-order valence-corrected chi connectivity index (χ1v) is 7.59. The molecule has 1 heterocycles. The standard InChI is InChI=1S/C14H11NO3S/c1-19(16,17)13-7-6-10-4-2-3-5-11(10)14(13)12-8-9-18-15-12/h2-9H,1H3. The molecule has 19 heavy (non-hydrogen) atoms. The van der Waals surface area contributed by atoms with Gasteiger partial charge in [-0.1, -0.05) is 35.5 Å². The molecule has 0 unspecified atom stereocenters. The highest BCUT2D eigenvalue weighted by Gasteiger charge is 2.19. The van der Waals surface area contributed by atoms with Crippen molar-refractivity contribution in [3.05, 3.63) is 48.7 Å². The number of fused-ring (bicyclic) bond motifs is 1. The van der Waals surface area contributed by atoms with Gasteiger partial charge in [-0.3, -0.25) is 0 Å². The van der Waals surface area contributed by atoms with Crippen molar-refractivity contribution in [2.24, 2.45) is 0 Å². The number of aromatic nitrogens is 1. The summed E-state index contributed by atoms with van der Waals surface area (Å²) >= 11 is 0. The molecular formula is C14H11NO3S.